The van der Waals surface area contributed by atoms with E-state index in [1.807, 2.05) is 30.3 Å². The Morgan fingerprint density at radius 1 is 1.26 bits per heavy atom. The Hall–Kier alpha value is -3.49. The highest BCUT2D eigenvalue weighted by Crippen LogP contribution is 2.29. The van der Waals surface area contributed by atoms with Gasteiger partial charge in [0, 0.05) is 18.3 Å². The van der Waals surface area contributed by atoms with E-state index < -0.39 is 4.92 Å². The molecular weight excluding hydrogens is 348 g/mol. The number of nitro groups is 1. The molecule has 9 heteroatoms. The molecule has 1 aromatic carbocycles. The van der Waals surface area contributed by atoms with Gasteiger partial charge in [0.2, 0.25) is 5.91 Å². The van der Waals surface area contributed by atoms with Crippen LogP contribution in [-0.2, 0) is 11.3 Å². The molecule has 27 heavy (non-hydrogen) atoms. The van der Waals surface area contributed by atoms with Gasteiger partial charge in [-0.3, -0.25) is 19.6 Å². The third-order valence-corrected chi connectivity index (χ3v) is 4.41. The molecule has 2 heterocycles. The van der Waals surface area contributed by atoms with Crippen LogP contribution in [0, 0.1) is 16.0 Å². The van der Waals surface area contributed by atoms with Crippen molar-refractivity contribution in [2.24, 2.45) is 5.92 Å². The number of para-hydroxylation sites is 1. The van der Waals surface area contributed by atoms with Gasteiger partial charge in [-0.1, -0.05) is 18.2 Å². The summed E-state index contributed by atoms with van der Waals surface area (Å²) < 4.78 is 2.93. The van der Waals surface area contributed by atoms with Gasteiger partial charge < -0.3 is 5.32 Å². The molecule has 0 atom stereocenters. The molecule has 1 aliphatic carbocycles. The van der Waals surface area contributed by atoms with E-state index >= 15 is 0 Å². The molecular formula is C18H18N6O3. The number of amides is 1. The molecule has 0 unspecified atom stereocenters. The molecule has 1 amide bonds. The minimum absolute atomic E-state index is 0.0552. The third-order valence-electron chi connectivity index (χ3n) is 4.41. The SMILES string of the molecule is O=C(Cn1cc([N+](=O)[O-])c(-c2cnn(-c3ccccc3)c2)n1)NCC1CC1. The zero-order valence-electron chi connectivity index (χ0n) is 14.5. The summed E-state index contributed by atoms with van der Waals surface area (Å²) in [7, 11) is 0. The maximum Gasteiger partial charge on any atom is 0.315 e. The van der Waals surface area contributed by atoms with Crippen molar-refractivity contribution in [2.75, 3.05) is 6.54 Å². The van der Waals surface area contributed by atoms with Crippen molar-refractivity contribution >= 4 is 11.6 Å². The maximum absolute atomic E-state index is 12.0. The first-order chi connectivity index (χ1) is 13.1. The minimum Gasteiger partial charge on any atom is -0.354 e. The molecule has 2 aromatic heterocycles. The quantitative estimate of drug-likeness (QED) is 0.509. The van der Waals surface area contributed by atoms with Gasteiger partial charge in [-0.2, -0.15) is 10.2 Å². The van der Waals surface area contributed by atoms with Crippen LogP contribution in [0.2, 0.25) is 0 Å². The highest BCUT2D eigenvalue weighted by atomic mass is 16.6. The molecule has 1 saturated carbocycles. The molecule has 0 spiro atoms. The van der Waals surface area contributed by atoms with E-state index in [2.05, 4.69) is 15.5 Å². The first-order valence-corrected chi connectivity index (χ1v) is 8.69. The van der Waals surface area contributed by atoms with E-state index in [0.29, 0.717) is 18.0 Å². The topological polar surface area (TPSA) is 108 Å². The first kappa shape index (κ1) is 17.0. The van der Waals surface area contributed by atoms with Gasteiger partial charge in [-0.15, -0.1) is 0 Å². The van der Waals surface area contributed by atoms with Crippen molar-refractivity contribution in [1.29, 1.82) is 0 Å². The number of nitrogens with one attached hydrogen (secondary N) is 1. The van der Waals surface area contributed by atoms with E-state index in [0.717, 1.165) is 18.5 Å². The van der Waals surface area contributed by atoms with Gasteiger partial charge in [0.25, 0.3) is 0 Å². The van der Waals surface area contributed by atoms with Crippen molar-refractivity contribution < 1.29 is 9.72 Å². The normalized spacial score (nSPS) is 13.5. The number of nitrogens with zero attached hydrogens (tertiary/aromatic N) is 5. The van der Waals surface area contributed by atoms with Crippen LogP contribution in [0.25, 0.3) is 16.9 Å². The summed E-state index contributed by atoms with van der Waals surface area (Å²) in [4.78, 5) is 22.9. The van der Waals surface area contributed by atoms with E-state index in [4.69, 9.17) is 0 Å². The Kier molecular flexibility index (Phi) is 4.41. The van der Waals surface area contributed by atoms with Crippen LogP contribution in [0.15, 0.2) is 48.9 Å². The molecule has 0 saturated heterocycles. The fourth-order valence-electron chi connectivity index (χ4n) is 2.78. The number of carbonyl (C=O) groups excluding carboxylic acids is 1. The molecule has 0 aliphatic heterocycles. The number of aromatic nitrogens is 4. The van der Waals surface area contributed by atoms with Crippen LogP contribution < -0.4 is 5.32 Å². The molecule has 138 valence electrons. The number of hydrogen-bond acceptors (Lipinski definition) is 5. The fraction of sp³-hybridized carbons (Fsp3) is 0.278. The lowest BCUT2D eigenvalue weighted by molar-refractivity contribution is -0.384. The summed E-state index contributed by atoms with van der Waals surface area (Å²) >= 11 is 0. The van der Waals surface area contributed by atoms with Crippen LogP contribution in [0.3, 0.4) is 0 Å². The summed E-state index contributed by atoms with van der Waals surface area (Å²) in [5.41, 5.74) is 1.39. The average Bonchev–Trinajstić information content (AvgIpc) is 3.19. The van der Waals surface area contributed by atoms with Crippen LogP contribution in [-0.4, -0.2) is 36.9 Å². The van der Waals surface area contributed by atoms with Crippen molar-refractivity contribution in [3.05, 3.63) is 59.0 Å². The Morgan fingerprint density at radius 2 is 2.04 bits per heavy atom. The zero-order valence-corrected chi connectivity index (χ0v) is 14.5. The summed E-state index contributed by atoms with van der Waals surface area (Å²) in [5, 5.41) is 22.8. The van der Waals surface area contributed by atoms with Crippen LogP contribution in [0.4, 0.5) is 5.69 Å². The molecule has 9 nitrogen and oxygen atoms in total. The second-order valence-electron chi connectivity index (χ2n) is 6.57. The number of rotatable bonds is 7. The third kappa shape index (κ3) is 3.86. The van der Waals surface area contributed by atoms with E-state index in [9.17, 15) is 14.9 Å². The molecule has 4 rings (SSSR count). The fourth-order valence-corrected chi connectivity index (χ4v) is 2.78. The molecule has 0 radical (unpaired) electrons. The van der Waals surface area contributed by atoms with Gasteiger partial charge in [0.1, 0.15) is 12.7 Å². The summed E-state index contributed by atoms with van der Waals surface area (Å²) in [6, 6.07) is 9.43. The van der Waals surface area contributed by atoms with Gasteiger partial charge in [-0.25, -0.2) is 4.68 Å². The van der Waals surface area contributed by atoms with Gasteiger partial charge in [0.15, 0.2) is 5.69 Å². The average molecular weight is 366 g/mol. The Morgan fingerprint density at radius 3 is 2.74 bits per heavy atom. The maximum atomic E-state index is 12.0. The summed E-state index contributed by atoms with van der Waals surface area (Å²) in [6.45, 7) is 0.597. The lowest BCUT2D eigenvalue weighted by Crippen LogP contribution is -2.29. The molecule has 0 bridgehead atoms. The van der Waals surface area contributed by atoms with E-state index in [-0.39, 0.29) is 23.8 Å². The summed E-state index contributed by atoms with van der Waals surface area (Å²) in [6.07, 6.45) is 6.78. The lowest BCUT2D eigenvalue weighted by atomic mass is 10.2. The van der Waals surface area contributed by atoms with Crippen molar-refractivity contribution in [3.63, 3.8) is 0 Å². The van der Waals surface area contributed by atoms with Crippen LogP contribution in [0.1, 0.15) is 12.8 Å². The minimum atomic E-state index is -0.499. The van der Waals surface area contributed by atoms with Gasteiger partial charge in [0.05, 0.1) is 16.8 Å². The molecule has 3 aromatic rings. The molecule has 1 N–H and O–H groups in total. The standard InChI is InChI=1S/C18H18N6O3/c25-17(19-8-13-6-7-13)12-22-11-16(24(26)27)18(21-22)14-9-20-23(10-14)15-4-2-1-3-5-15/h1-5,9-11,13H,6-8,12H2,(H,19,25). The zero-order chi connectivity index (χ0) is 18.8. The molecule has 1 fully saturated rings. The Labute approximate surface area is 154 Å². The van der Waals surface area contributed by atoms with Crippen molar-refractivity contribution in [2.45, 2.75) is 19.4 Å². The molecule has 1 aliphatic rings. The predicted molar refractivity (Wildman–Crippen MR) is 97.2 cm³/mol. The largest absolute Gasteiger partial charge is 0.354 e. The Balaban J connectivity index is 1.56. The monoisotopic (exact) mass is 366 g/mol. The van der Waals surface area contributed by atoms with Crippen molar-refractivity contribution in [1.82, 2.24) is 24.9 Å². The second kappa shape index (κ2) is 7.02. The number of benzene rings is 1. The first-order valence-electron chi connectivity index (χ1n) is 8.69. The van der Waals surface area contributed by atoms with Gasteiger partial charge >= 0.3 is 5.69 Å². The lowest BCUT2D eigenvalue weighted by Gasteiger charge is -2.03. The van der Waals surface area contributed by atoms with E-state index in [1.54, 1.807) is 10.9 Å². The number of carbonyl (C=O) groups is 1. The van der Waals surface area contributed by atoms with E-state index in [1.165, 1.54) is 17.1 Å². The smallest absolute Gasteiger partial charge is 0.315 e. The number of hydrogen-bond donors (Lipinski definition) is 1. The van der Waals surface area contributed by atoms with Crippen LogP contribution >= 0.6 is 0 Å². The second-order valence-corrected chi connectivity index (χ2v) is 6.57. The Bertz CT molecular complexity index is 974. The van der Waals surface area contributed by atoms with Crippen molar-refractivity contribution in [3.8, 4) is 16.9 Å². The highest BCUT2D eigenvalue weighted by Gasteiger charge is 2.24. The van der Waals surface area contributed by atoms with Crippen LogP contribution in [0.5, 0.6) is 0 Å². The predicted octanol–water partition coefficient (Wildman–Crippen LogP) is 2.17. The summed E-state index contributed by atoms with van der Waals surface area (Å²) in [5.74, 6) is 0.367. The highest BCUT2D eigenvalue weighted by molar-refractivity contribution is 5.76. The van der Waals surface area contributed by atoms with Gasteiger partial charge in [-0.05, 0) is 30.9 Å².